The molecule has 3 fully saturated rings. The highest BCUT2D eigenvalue weighted by molar-refractivity contribution is 5.96. The first-order chi connectivity index (χ1) is 8.57. The van der Waals surface area contributed by atoms with E-state index in [4.69, 9.17) is 9.47 Å². The Morgan fingerprint density at radius 2 is 2.28 bits per heavy atom. The second-order valence-corrected chi connectivity index (χ2v) is 4.75. The van der Waals surface area contributed by atoms with Gasteiger partial charge in [0.2, 0.25) is 5.91 Å². The maximum Gasteiger partial charge on any atom is 0.326 e. The molecule has 3 amide bonds. The van der Waals surface area contributed by atoms with Crippen LogP contribution in [0.2, 0.25) is 0 Å². The van der Waals surface area contributed by atoms with E-state index in [0.717, 1.165) is 0 Å². The van der Waals surface area contributed by atoms with E-state index in [1.54, 1.807) is 0 Å². The molecule has 8 nitrogen and oxygen atoms in total. The summed E-state index contributed by atoms with van der Waals surface area (Å²) in [6.07, 6.45) is -2.25. The van der Waals surface area contributed by atoms with Crippen LogP contribution >= 0.6 is 0 Å². The SMILES string of the molecule is O=C1CCN([C@@H]2OC3(CO)CO[C@@H]2[C@@H]3O)C(=O)N1. The molecule has 100 valence electrons. The highest BCUT2D eigenvalue weighted by Gasteiger charge is 2.63. The summed E-state index contributed by atoms with van der Waals surface area (Å²) in [5.41, 5.74) is -1.16. The Kier molecular flexibility index (Phi) is 2.56. The number of urea groups is 1. The maximum absolute atomic E-state index is 11.7. The molecular weight excluding hydrogens is 244 g/mol. The van der Waals surface area contributed by atoms with Crippen molar-refractivity contribution in [3.63, 3.8) is 0 Å². The number of imide groups is 1. The van der Waals surface area contributed by atoms with Crippen LogP contribution in [-0.4, -0.2) is 70.8 Å². The van der Waals surface area contributed by atoms with Gasteiger partial charge in [-0.2, -0.15) is 0 Å². The maximum atomic E-state index is 11.7. The van der Waals surface area contributed by atoms with Crippen LogP contribution in [0.25, 0.3) is 0 Å². The molecule has 3 heterocycles. The monoisotopic (exact) mass is 258 g/mol. The van der Waals surface area contributed by atoms with Gasteiger partial charge in [-0.1, -0.05) is 0 Å². The van der Waals surface area contributed by atoms with E-state index in [-0.39, 0.29) is 32.1 Å². The lowest BCUT2D eigenvalue weighted by Crippen LogP contribution is -2.58. The normalized spacial score (nSPS) is 43.4. The third-order valence-corrected chi connectivity index (χ3v) is 3.67. The highest BCUT2D eigenvalue weighted by atomic mass is 16.7. The van der Waals surface area contributed by atoms with Crippen molar-refractivity contribution >= 4 is 11.9 Å². The number of aliphatic hydroxyl groups is 2. The Labute approximate surface area is 102 Å². The topological polar surface area (TPSA) is 108 Å². The quantitative estimate of drug-likeness (QED) is 0.517. The van der Waals surface area contributed by atoms with Crippen LogP contribution in [-0.2, 0) is 14.3 Å². The van der Waals surface area contributed by atoms with E-state index in [0.29, 0.717) is 0 Å². The first-order valence-electron chi connectivity index (χ1n) is 5.76. The molecule has 0 radical (unpaired) electrons. The van der Waals surface area contributed by atoms with E-state index in [1.807, 2.05) is 0 Å². The van der Waals surface area contributed by atoms with Crippen LogP contribution in [0.5, 0.6) is 0 Å². The number of hydrogen-bond donors (Lipinski definition) is 3. The zero-order chi connectivity index (χ0) is 12.9. The summed E-state index contributed by atoms with van der Waals surface area (Å²) in [6, 6.07) is -0.562. The summed E-state index contributed by atoms with van der Waals surface area (Å²) in [5, 5.41) is 21.5. The average molecular weight is 258 g/mol. The van der Waals surface area contributed by atoms with Crippen molar-refractivity contribution in [2.24, 2.45) is 0 Å². The Morgan fingerprint density at radius 3 is 2.89 bits per heavy atom. The number of carbonyl (C=O) groups is 2. The molecule has 1 unspecified atom stereocenters. The van der Waals surface area contributed by atoms with Crippen LogP contribution < -0.4 is 5.32 Å². The highest BCUT2D eigenvalue weighted by Crippen LogP contribution is 2.41. The molecule has 3 aliphatic heterocycles. The first-order valence-corrected chi connectivity index (χ1v) is 5.76. The van der Waals surface area contributed by atoms with E-state index < -0.39 is 30.1 Å². The average Bonchev–Trinajstić information content (AvgIpc) is 2.81. The number of hydrogen-bond acceptors (Lipinski definition) is 6. The number of carbonyl (C=O) groups excluding carboxylic acids is 2. The molecule has 0 spiro atoms. The number of nitrogens with zero attached hydrogens (tertiary/aromatic N) is 1. The largest absolute Gasteiger partial charge is 0.393 e. The number of aliphatic hydroxyl groups excluding tert-OH is 2. The zero-order valence-corrected chi connectivity index (χ0v) is 9.54. The van der Waals surface area contributed by atoms with Crippen molar-refractivity contribution in [2.45, 2.75) is 30.5 Å². The van der Waals surface area contributed by atoms with Gasteiger partial charge < -0.3 is 19.7 Å². The molecule has 2 bridgehead atoms. The summed E-state index contributed by atoms with van der Waals surface area (Å²) >= 11 is 0. The van der Waals surface area contributed by atoms with E-state index >= 15 is 0 Å². The fraction of sp³-hybridized carbons (Fsp3) is 0.800. The number of ether oxygens (including phenoxy) is 2. The Morgan fingerprint density at radius 1 is 1.50 bits per heavy atom. The summed E-state index contributed by atoms with van der Waals surface area (Å²) in [6.45, 7) is -0.0702. The Hall–Kier alpha value is -1.22. The predicted molar refractivity (Wildman–Crippen MR) is 55.3 cm³/mol. The van der Waals surface area contributed by atoms with Gasteiger partial charge in [-0.3, -0.25) is 15.0 Å². The molecule has 0 saturated carbocycles. The molecule has 3 saturated heterocycles. The fourth-order valence-corrected chi connectivity index (χ4v) is 2.60. The van der Waals surface area contributed by atoms with Crippen LogP contribution in [0.15, 0.2) is 0 Å². The molecule has 3 N–H and O–H groups in total. The minimum Gasteiger partial charge on any atom is -0.393 e. The molecule has 0 aliphatic carbocycles. The van der Waals surface area contributed by atoms with Crippen molar-refractivity contribution < 1.29 is 29.3 Å². The third kappa shape index (κ3) is 1.46. The van der Waals surface area contributed by atoms with Gasteiger partial charge in [0.25, 0.3) is 0 Å². The van der Waals surface area contributed by atoms with E-state index in [1.165, 1.54) is 4.90 Å². The Bertz CT molecular complexity index is 402. The van der Waals surface area contributed by atoms with Gasteiger partial charge in [0.1, 0.15) is 17.8 Å². The molecule has 3 aliphatic rings. The Balaban J connectivity index is 1.79. The lowest BCUT2D eigenvalue weighted by molar-refractivity contribution is -0.197. The molecule has 18 heavy (non-hydrogen) atoms. The van der Waals surface area contributed by atoms with Crippen molar-refractivity contribution in [3.8, 4) is 0 Å². The lowest BCUT2D eigenvalue weighted by Gasteiger charge is -2.37. The van der Waals surface area contributed by atoms with Crippen LogP contribution in [0.1, 0.15) is 6.42 Å². The third-order valence-electron chi connectivity index (χ3n) is 3.67. The molecule has 0 aromatic rings. The van der Waals surface area contributed by atoms with E-state index in [2.05, 4.69) is 5.32 Å². The summed E-state index contributed by atoms with van der Waals surface area (Å²) in [4.78, 5) is 24.1. The van der Waals surface area contributed by atoms with Crippen LogP contribution in [0, 0.1) is 0 Å². The minimum atomic E-state index is -1.16. The molecule has 0 aromatic heterocycles. The molecule has 4 atom stereocenters. The van der Waals surface area contributed by atoms with E-state index in [9.17, 15) is 19.8 Å². The summed E-state index contributed by atoms with van der Waals surface area (Å²) < 4.78 is 10.9. The number of rotatable bonds is 2. The molecule has 8 heteroatoms. The van der Waals surface area contributed by atoms with Gasteiger partial charge in [0.05, 0.1) is 13.2 Å². The van der Waals surface area contributed by atoms with Crippen LogP contribution in [0.4, 0.5) is 4.79 Å². The second-order valence-electron chi connectivity index (χ2n) is 4.75. The fourth-order valence-electron chi connectivity index (χ4n) is 2.60. The van der Waals surface area contributed by atoms with Gasteiger partial charge in [-0.25, -0.2) is 4.79 Å². The number of nitrogens with one attached hydrogen (secondary N) is 1. The second kappa shape index (κ2) is 3.89. The van der Waals surface area contributed by atoms with Gasteiger partial charge in [-0.15, -0.1) is 0 Å². The van der Waals surface area contributed by atoms with Crippen molar-refractivity contribution in [2.75, 3.05) is 19.8 Å². The smallest absolute Gasteiger partial charge is 0.326 e. The lowest BCUT2D eigenvalue weighted by atomic mass is 10.0. The molecule has 0 aromatic carbocycles. The number of amides is 3. The van der Waals surface area contributed by atoms with Gasteiger partial charge >= 0.3 is 6.03 Å². The summed E-state index contributed by atoms with van der Waals surface area (Å²) in [7, 11) is 0. The zero-order valence-electron chi connectivity index (χ0n) is 9.54. The van der Waals surface area contributed by atoms with Crippen molar-refractivity contribution in [1.82, 2.24) is 10.2 Å². The predicted octanol–water partition coefficient (Wildman–Crippen LogP) is -2.22. The molecular formula is C10H14N2O6. The first kappa shape index (κ1) is 11.8. The summed E-state index contributed by atoms with van der Waals surface area (Å²) in [5.74, 6) is -0.335. The van der Waals surface area contributed by atoms with Crippen molar-refractivity contribution in [1.29, 1.82) is 0 Å². The van der Waals surface area contributed by atoms with Crippen LogP contribution in [0.3, 0.4) is 0 Å². The van der Waals surface area contributed by atoms with Gasteiger partial charge in [-0.05, 0) is 0 Å². The molecule has 3 rings (SSSR count). The van der Waals surface area contributed by atoms with Gasteiger partial charge in [0, 0.05) is 13.0 Å². The van der Waals surface area contributed by atoms with Crippen molar-refractivity contribution in [3.05, 3.63) is 0 Å². The number of fused-ring (bicyclic) bond motifs is 2. The minimum absolute atomic E-state index is 0.0974. The van der Waals surface area contributed by atoms with Gasteiger partial charge in [0.15, 0.2) is 6.23 Å². The standard InChI is InChI=1S/C10H14N2O6/c13-3-10-4-17-6(7(10)15)8(18-10)12-2-1-5(14)11-9(12)16/h6-8,13,15H,1-4H2,(H,11,14,16)/t6-,7+,8-,10?/m1/s1.